The average molecular weight is 123 g/mol. The van der Waals surface area contributed by atoms with Crippen LogP contribution in [-0.4, -0.2) is 0 Å². The van der Waals surface area contributed by atoms with Gasteiger partial charge in [0.15, 0.2) is 0 Å². The Labute approximate surface area is 56.7 Å². The number of hydrogen-bond acceptors (Lipinski definition) is 1. The van der Waals surface area contributed by atoms with Gasteiger partial charge in [-0.1, -0.05) is 6.92 Å². The molecule has 0 aromatic carbocycles. The molecule has 0 aliphatic heterocycles. The molecule has 1 nitrogen and oxygen atoms in total. The van der Waals surface area contributed by atoms with E-state index in [1.54, 1.807) is 0 Å². The minimum atomic E-state index is 0.650. The van der Waals surface area contributed by atoms with Gasteiger partial charge in [0.2, 0.25) is 0 Å². The van der Waals surface area contributed by atoms with E-state index in [2.05, 4.69) is 13.0 Å². The van der Waals surface area contributed by atoms with E-state index in [0.717, 1.165) is 12.8 Å². The molecule has 1 aliphatic rings. The minimum absolute atomic E-state index is 0.650. The molecule has 0 spiro atoms. The van der Waals surface area contributed by atoms with Gasteiger partial charge < -0.3 is 0 Å². The molecule has 1 heteroatoms. The smallest absolute Gasteiger partial charge is 0.0621 e. The number of nitriles is 1. The number of nitrogens with zero attached hydrogens (tertiary/aromatic N) is 1. The van der Waals surface area contributed by atoms with Crippen molar-refractivity contribution in [2.24, 2.45) is 5.41 Å². The van der Waals surface area contributed by atoms with Gasteiger partial charge in [0.25, 0.3) is 0 Å². The molecule has 0 saturated heterocycles. The maximum atomic E-state index is 8.23. The summed E-state index contributed by atoms with van der Waals surface area (Å²) in [5.41, 5.74) is 0.650. The highest BCUT2D eigenvalue weighted by Crippen LogP contribution is 2.48. The van der Waals surface area contributed by atoms with E-state index in [4.69, 9.17) is 5.26 Å². The Morgan fingerprint density at radius 2 is 2.22 bits per heavy atom. The Morgan fingerprint density at radius 3 is 2.67 bits per heavy atom. The van der Waals surface area contributed by atoms with Crippen LogP contribution in [0.2, 0.25) is 0 Å². The lowest BCUT2D eigenvalue weighted by atomic mass is 10.0. The van der Waals surface area contributed by atoms with Gasteiger partial charge in [-0.15, -0.1) is 0 Å². The molecule has 0 atom stereocenters. The van der Waals surface area contributed by atoms with Crippen molar-refractivity contribution in [3.63, 3.8) is 0 Å². The molecule has 50 valence electrons. The van der Waals surface area contributed by atoms with E-state index in [-0.39, 0.29) is 0 Å². The van der Waals surface area contributed by atoms with Crippen LogP contribution in [0.15, 0.2) is 0 Å². The summed E-state index contributed by atoms with van der Waals surface area (Å²) in [5, 5.41) is 8.23. The summed E-state index contributed by atoms with van der Waals surface area (Å²) in [7, 11) is 0. The molecule has 1 rings (SSSR count). The van der Waals surface area contributed by atoms with Gasteiger partial charge in [0.05, 0.1) is 6.07 Å². The van der Waals surface area contributed by atoms with E-state index in [1.807, 2.05) is 0 Å². The van der Waals surface area contributed by atoms with Crippen LogP contribution in [0.1, 0.15) is 39.0 Å². The number of unbranched alkanes of at least 4 members (excludes halogenated alkanes) is 1. The number of rotatable bonds is 3. The molecule has 1 aliphatic carbocycles. The Kier molecular flexibility index (Phi) is 1.75. The molecular formula is C8H13N. The van der Waals surface area contributed by atoms with E-state index in [9.17, 15) is 0 Å². The Balaban J connectivity index is 2.00. The molecule has 0 bridgehead atoms. The van der Waals surface area contributed by atoms with Crippen molar-refractivity contribution in [3.05, 3.63) is 0 Å². The van der Waals surface area contributed by atoms with Gasteiger partial charge in [-0.2, -0.15) is 5.26 Å². The van der Waals surface area contributed by atoms with Crippen molar-refractivity contribution in [2.45, 2.75) is 39.0 Å². The molecule has 0 heterocycles. The lowest BCUT2D eigenvalue weighted by molar-refractivity contribution is 0.499. The lowest BCUT2D eigenvalue weighted by Gasteiger charge is -2.02. The van der Waals surface area contributed by atoms with Crippen LogP contribution in [0, 0.1) is 16.7 Å². The molecule has 1 saturated carbocycles. The minimum Gasteiger partial charge on any atom is -0.198 e. The van der Waals surface area contributed by atoms with E-state index >= 15 is 0 Å². The first kappa shape index (κ1) is 6.61. The molecule has 0 aromatic rings. The fourth-order valence-electron chi connectivity index (χ4n) is 1.06. The van der Waals surface area contributed by atoms with Crippen LogP contribution in [0.3, 0.4) is 0 Å². The largest absolute Gasteiger partial charge is 0.198 e. The van der Waals surface area contributed by atoms with Crippen molar-refractivity contribution >= 4 is 0 Å². The average Bonchev–Trinajstić information content (AvgIpc) is 2.50. The molecule has 0 N–H and O–H groups in total. The summed E-state index contributed by atoms with van der Waals surface area (Å²) in [5.74, 6) is 0. The maximum Gasteiger partial charge on any atom is 0.0621 e. The Morgan fingerprint density at radius 1 is 1.56 bits per heavy atom. The van der Waals surface area contributed by atoms with Crippen LogP contribution in [0.5, 0.6) is 0 Å². The fraction of sp³-hybridized carbons (Fsp3) is 0.875. The molecule has 0 unspecified atom stereocenters. The van der Waals surface area contributed by atoms with Crippen LogP contribution in [-0.2, 0) is 0 Å². The van der Waals surface area contributed by atoms with Crippen molar-refractivity contribution in [2.75, 3.05) is 0 Å². The van der Waals surface area contributed by atoms with Crippen LogP contribution < -0.4 is 0 Å². The second-order valence-corrected chi connectivity index (χ2v) is 3.32. The summed E-state index contributed by atoms with van der Waals surface area (Å²) in [6, 6.07) is 2.17. The van der Waals surface area contributed by atoms with Crippen molar-refractivity contribution < 1.29 is 0 Å². The van der Waals surface area contributed by atoms with Crippen molar-refractivity contribution in [1.29, 1.82) is 5.26 Å². The number of hydrogen-bond donors (Lipinski definition) is 0. The maximum absolute atomic E-state index is 8.23. The predicted molar refractivity (Wildman–Crippen MR) is 36.8 cm³/mol. The lowest BCUT2D eigenvalue weighted by Crippen LogP contribution is -1.90. The zero-order valence-electron chi connectivity index (χ0n) is 5.98. The van der Waals surface area contributed by atoms with E-state index < -0.39 is 0 Å². The molecule has 1 fully saturated rings. The van der Waals surface area contributed by atoms with Gasteiger partial charge >= 0.3 is 0 Å². The summed E-state index contributed by atoms with van der Waals surface area (Å²) >= 11 is 0. The second kappa shape index (κ2) is 2.39. The van der Waals surface area contributed by atoms with Gasteiger partial charge in [0, 0.05) is 6.42 Å². The first-order chi connectivity index (χ1) is 4.27. The van der Waals surface area contributed by atoms with Crippen LogP contribution >= 0.6 is 0 Å². The third-order valence-corrected chi connectivity index (χ3v) is 2.17. The van der Waals surface area contributed by atoms with E-state index in [1.165, 1.54) is 19.3 Å². The summed E-state index contributed by atoms with van der Waals surface area (Å²) in [4.78, 5) is 0. The monoisotopic (exact) mass is 123 g/mol. The summed E-state index contributed by atoms with van der Waals surface area (Å²) in [6.45, 7) is 2.31. The van der Waals surface area contributed by atoms with Gasteiger partial charge in [-0.25, -0.2) is 0 Å². The summed E-state index contributed by atoms with van der Waals surface area (Å²) < 4.78 is 0. The zero-order chi connectivity index (χ0) is 6.74. The molecule has 9 heavy (non-hydrogen) atoms. The molecular weight excluding hydrogens is 110 g/mol. The van der Waals surface area contributed by atoms with Crippen molar-refractivity contribution in [3.8, 4) is 6.07 Å². The fourth-order valence-corrected chi connectivity index (χ4v) is 1.06. The van der Waals surface area contributed by atoms with Crippen LogP contribution in [0.25, 0.3) is 0 Å². The third-order valence-electron chi connectivity index (χ3n) is 2.17. The third kappa shape index (κ3) is 2.05. The first-order valence-electron chi connectivity index (χ1n) is 3.64. The quantitative estimate of drug-likeness (QED) is 0.529. The summed E-state index contributed by atoms with van der Waals surface area (Å²) in [6.07, 6.45) is 5.89. The Bertz CT molecular complexity index is 128. The van der Waals surface area contributed by atoms with Gasteiger partial charge in [-0.05, 0) is 31.1 Å². The second-order valence-electron chi connectivity index (χ2n) is 3.32. The molecule has 0 aromatic heterocycles. The van der Waals surface area contributed by atoms with Crippen LogP contribution in [0.4, 0.5) is 0 Å². The highest BCUT2D eigenvalue weighted by atomic mass is 14.4. The highest BCUT2D eigenvalue weighted by Gasteiger charge is 2.35. The normalized spacial score (nSPS) is 20.9. The highest BCUT2D eigenvalue weighted by molar-refractivity contribution is 4.88. The first-order valence-corrected chi connectivity index (χ1v) is 3.64. The zero-order valence-corrected chi connectivity index (χ0v) is 5.98. The van der Waals surface area contributed by atoms with Gasteiger partial charge in [0.1, 0.15) is 0 Å². The van der Waals surface area contributed by atoms with Gasteiger partial charge in [-0.3, -0.25) is 0 Å². The predicted octanol–water partition coefficient (Wildman–Crippen LogP) is 2.48. The van der Waals surface area contributed by atoms with Crippen molar-refractivity contribution in [1.82, 2.24) is 0 Å². The SMILES string of the molecule is CC1(CCCC#N)CC1. The topological polar surface area (TPSA) is 23.8 Å². The molecule has 0 amide bonds. The molecule has 0 radical (unpaired) electrons. The Hall–Kier alpha value is -0.510. The standard InChI is InChI=1S/C8H13N/c1-8(5-6-8)4-2-3-7-9/h2-6H2,1H3. The van der Waals surface area contributed by atoms with E-state index in [0.29, 0.717) is 5.41 Å².